The van der Waals surface area contributed by atoms with Crippen LogP contribution in [0.5, 0.6) is 0 Å². The SMILES string of the molecule is Cn1nnc(CNc2cccc3cc(Br)cnc23)n1. The lowest BCUT2D eigenvalue weighted by atomic mass is 10.2. The monoisotopic (exact) mass is 318 g/mol. The zero-order valence-electron chi connectivity index (χ0n) is 10.2. The molecule has 0 saturated heterocycles. The van der Waals surface area contributed by atoms with Crippen molar-refractivity contribution in [3.63, 3.8) is 0 Å². The molecule has 96 valence electrons. The number of para-hydroxylation sites is 1. The van der Waals surface area contributed by atoms with Crippen LogP contribution < -0.4 is 5.32 Å². The minimum atomic E-state index is 0.519. The van der Waals surface area contributed by atoms with Gasteiger partial charge in [0.1, 0.15) is 0 Å². The second-order valence-corrected chi connectivity index (χ2v) is 5.00. The summed E-state index contributed by atoms with van der Waals surface area (Å²) in [6.45, 7) is 0.519. The summed E-state index contributed by atoms with van der Waals surface area (Å²) in [6, 6.07) is 8.04. The van der Waals surface area contributed by atoms with Crippen LogP contribution in [0.15, 0.2) is 34.9 Å². The lowest BCUT2D eigenvalue weighted by Gasteiger charge is -2.07. The Bertz CT molecular complexity index is 723. The smallest absolute Gasteiger partial charge is 0.193 e. The summed E-state index contributed by atoms with van der Waals surface area (Å²) in [5.74, 6) is 0.650. The summed E-state index contributed by atoms with van der Waals surface area (Å²) in [7, 11) is 1.74. The minimum absolute atomic E-state index is 0.519. The van der Waals surface area contributed by atoms with Gasteiger partial charge in [-0.3, -0.25) is 4.98 Å². The van der Waals surface area contributed by atoms with E-state index < -0.39 is 0 Å². The average Bonchev–Trinajstić information content (AvgIpc) is 2.81. The molecule has 19 heavy (non-hydrogen) atoms. The van der Waals surface area contributed by atoms with Crippen molar-refractivity contribution < 1.29 is 0 Å². The number of fused-ring (bicyclic) bond motifs is 1. The van der Waals surface area contributed by atoms with Gasteiger partial charge >= 0.3 is 0 Å². The Morgan fingerprint density at radius 1 is 1.37 bits per heavy atom. The number of nitrogens with one attached hydrogen (secondary N) is 1. The summed E-state index contributed by atoms with van der Waals surface area (Å²) in [5, 5.41) is 16.2. The summed E-state index contributed by atoms with van der Waals surface area (Å²) in [5.41, 5.74) is 1.88. The van der Waals surface area contributed by atoms with E-state index in [1.54, 1.807) is 13.2 Å². The Balaban J connectivity index is 1.88. The van der Waals surface area contributed by atoms with Gasteiger partial charge in [-0.05, 0) is 33.3 Å². The zero-order valence-corrected chi connectivity index (χ0v) is 11.8. The van der Waals surface area contributed by atoms with Crippen LogP contribution in [-0.2, 0) is 13.6 Å². The number of hydrogen-bond donors (Lipinski definition) is 1. The van der Waals surface area contributed by atoms with E-state index in [9.17, 15) is 0 Å². The Morgan fingerprint density at radius 3 is 3.05 bits per heavy atom. The van der Waals surface area contributed by atoms with Crippen LogP contribution in [-0.4, -0.2) is 25.2 Å². The van der Waals surface area contributed by atoms with Crippen molar-refractivity contribution >= 4 is 32.5 Å². The Morgan fingerprint density at radius 2 is 2.26 bits per heavy atom. The Hall–Kier alpha value is -2.02. The van der Waals surface area contributed by atoms with Crippen LogP contribution in [0.2, 0.25) is 0 Å². The van der Waals surface area contributed by atoms with Crippen molar-refractivity contribution in [2.45, 2.75) is 6.54 Å². The highest BCUT2D eigenvalue weighted by Crippen LogP contribution is 2.24. The first-order valence-electron chi connectivity index (χ1n) is 5.73. The number of hydrogen-bond acceptors (Lipinski definition) is 5. The number of anilines is 1. The molecule has 0 bridgehead atoms. The summed E-state index contributed by atoms with van der Waals surface area (Å²) >= 11 is 3.42. The summed E-state index contributed by atoms with van der Waals surface area (Å²) in [6.07, 6.45) is 1.79. The van der Waals surface area contributed by atoms with Crippen molar-refractivity contribution in [1.82, 2.24) is 25.2 Å². The molecule has 0 radical (unpaired) electrons. The summed E-state index contributed by atoms with van der Waals surface area (Å²) < 4.78 is 0.966. The maximum Gasteiger partial charge on any atom is 0.193 e. The topological polar surface area (TPSA) is 68.5 Å². The van der Waals surface area contributed by atoms with E-state index >= 15 is 0 Å². The van der Waals surface area contributed by atoms with Crippen molar-refractivity contribution in [2.24, 2.45) is 7.05 Å². The predicted molar refractivity (Wildman–Crippen MR) is 75.6 cm³/mol. The molecule has 3 rings (SSSR count). The second kappa shape index (κ2) is 4.93. The molecule has 1 aromatic carbocycles. The maximum absolute atomic E-state index is 4.43. The number of aromatic nitrogens is 5. The highest BCUT2D eigenvalue weighted by atomic mass is 79.9. The molecular formula is C12H11BrN6. The molecular weight excluding hydrogens is 308 g/mol. The van der Waals surface area contributed by atoms with E-state index in [-0.39, 0.29) is 0 Å². The van der Waals surface area contributed by atoms with Gasteiger partial charge in [0.2, 0.25) is 0 Å². The van der Waals surface area contributed by atoms with Gasteiger partial charge in [-0.25, -0.2) is 0 Å². The normalized spacial score (nSPS) is 10.8. The van der Waals surface area contributed by atoms with Crippen LogP contribution in [0.25, 0.3) is 10.9 Å². The Kier molecular flexibility index (Phi) is 3.12. The van der Waals surface area contributed by atoms with E-state index in [1.807, 2.05) is 24.3 Å². The molecule has 0 aliphatic rings. The number of rotatable bonds is 3. The fraction of sp³-hybridized carbons (Fsp3) is 0.167. The third-order valence-corrected chi connectivity index (χ3v) is 3.10. The number of nitrogens with zero attached hydrogens (tertiary/aromatic N) is 5. The van der Waals surface area contributed by atoms with Crippen LogP contribution in [0.3, 0.4) is 0 Å². The molecule has 0 atom stereocenters. The predicted octanol–water partition coefficient (Wildman–Crippen LogP) is 2.13. The van der Waals surface area contributed by atoms with Gasteiger partial charge in [0, 0.05) is 16.1 Å². The molecule has 0 amide bonds. The van der Waals surface area contributed by atoms with E-state index in [2.05, 4.69) is 41.6 Å². The van der Waals surface area contributed by atoms with Gasteiger partial charge in [-0.15, -0.1) is 10.2 Å². The number of halogens is 1. The highest BCUT2D eigenvalue weighted by Gasteiger charge is 2.04. The maximum atomic E-state index is 4.43. The average molecular weight is 319 g/mol. The quantitative estimate of drug-likeness (QED) is 0.801. The van der Waals surface area contributed by atoms with Gasteiger partial charge in [0.25, 0.3) is 0 Å². The lowest BCUT2D eigenvalue weighted by molar-refractivity contribution is 0.628. The second-order valence-electron chi connectivity index (χ2n) is 4.08. The third kappa shape index (κ3) is 2.55. The van der Waals surface area contributed by atoms with Gasteiger partial charge in [0.15, 0.2) is 5.82 Å². The van der Waals surface area contributed by atoms with Gasteiger partial charge in [-0.2, -0.15) is 4.80 Å². The number of benzene rings is 1. The molecule has 0 fully saturated rings. The molecule has 1 N–H and O–H groups in total. The molecule has 6 nitrogen and oxygen atoms in total. The highest BCUT2D eigenvalue weighted by molar-refractivity contribution is 9.10. The summed E-state index contributed by atoms with van der Waals surface area (Å²) in [4.78, 5) is 5.87. The minimum Gasteiger partial charge on any atom is -0.376 e. The van der Waals surface area contributed by atoms with Crippen molar-refractivity contribution in [3.8, 4) is 0 Å². The lowest BCUT2D eigenvalue weighted by Crippen LogP contribution is -2.03. The fourth-order valence-corrected chi connectivity index (χ4v) is 2.19. The van der Waals surface area contributed by atoms with E-state index in [0.717, 1.165) is 21.1 Å². The van der Waals surface area contributed by atoms with Gasteiger partial charge in [0.05, 0.1) is 24.8 Å². The van der Waals surface area contributed by atoms with Crippen molar-refractivity contribution in [3.05, 3.63) is 40.8 Å². The molecule has 0 aliphatic heterocycles. The van der Waals surface area contributed by atoms with E-state index in [1.165, 1.54) is 4.80 Å². The molecule has 2 aromatic heterocycles. The molecule has 0 unspecified atom stereocenters. The molecule has 3 aromatic rings. The van der Waals surface area contributed by atoms with Crippen molar-refractivity contribution in [1.29, 1.82) is 0 Å². The number of pyridine rings is 1. The number of tetrazole rings is 1. The van der Waals surface area contributed by atoms with Crippen LogP contribution in [0.1, 0.15) is 5.82 Å². The fourth-order valence-electron chi connectivity index (χ4n) is 1.85. The first-order chi connectivity index (χ1) is 9.22. The van der Waals surface area contributed by atoms with Gasteiger partial charge < -0.3 is 5.32 Å². The zero-order chi connectivity index (χ0) is 13.2. The first-order valence-corrected chi connectivity index (χ1v) is 6.53. The van der Waals surface area contributed by atoms with E-state index in [0.29, 0.717) is 12.4 Å². The Labute approximate surface area is 118 Å². The first kappa shape index (κ1) is 12.0. The van der Waals surface area contributed by atoms with Gasteiger partial charge in [-0.1, -0.05) is 12.1 Å². The largest absolute Gasteiger partial charge is 0.376 e. The third-order valence-electron chi connectivity index (χ3n) is 2.66. The van der Waals surface area contributed by atoms with Crippen LogP contribution in [0.4, 0.5) is 5.69 Å². The van der Waals surface area contributed by atoms with E-state index in [4.69, 9.17) is 0 Å². The molecule has 7 heteroatoms. The van der Waals surface area contributed by atoms with Crippen LogP contribution >= 0.6 is 15.9 Å². The van der Waals surface area contributed by atoms with Crippen LogP contribution in [0, 0.1) is 0 Å². The molecule has 0 saturated carbocycles. The molecule has 0 spiro atoms. The molecule has 2 heterocycles. The standard InChI is InChI=1S/C12H11BrN6/c1-19-17-11(16-18-19)7-14-10-4-2-3-8-5-9(13)6-15-12(8)10/h2-6,14H,7H2,1H3. The van der Waals surface area contributed by atoms with Crippen molar-refractivity contribution in [2.75, 3.05) is 5.32 Å². The molecule has 0 aliphatic carbocycles. The number of aryl methyl sites for hydroxylation is 1.